The Hall–Kier alpha value is -2.37. The molecule has 1 aliphatic heterocycles. The number of fused-ring (bicyclic) bond motifs is 1. The van der Waals surface area contributed by atoms with Gasteiger partial charge in [-0.3, -0.25) is 14.7 Å². The van der Waals surface area contributed by atoms with Crippen molar-refractivity contribution in [2.75, 3.05) is 30.9 Å². The first-order valence-corrected chi connectivity index (χ1v) is 9.44. The smallest absolute Gasteiger partial charge is 0.233 e. The van der Waals surface area contributed by atoms with Gasteiger partial charge in [0.25, 0.3) is 0 Å². The number of aliphatic hydroxyl groups is 2. The number of halogens is 1. The minimum atomic E-state index is -2.14. The van der Waals surface area contributed by atoms with E-state index in [1.807, 2.05) is 0 Å². The number of hydrogen-bond donors (Lipinski definition) is 3. The highest BCUT2D eigenvalue weighted by atomic mass is 19.1. The molecule has 29 heavy (non-hydrogen) atoms. The van der Waals surface area contributed by atoms with Crippen LogP contribution >= 0.6 is 0 Å². The SMILES string of the molecule is CC(C)C(=O)Nc1nc(N(C)C)c2ncn([C@@H]3O[C@H](CCO)[C@@H](O)[C@@]3(C)F)c2n1. The van der Waals surface area contributed by atoms with Crippen molar-refractivity contribution in [2.45, 2.75) is 51.3 Å². The lowest BCUT2D eigenvalue weighted by Gasteiger charge is -2.25. The van der Waals surface area contributed by atoms with Crippen LogP contribution in [0.15, 0.2) is 6.33 Å². The predicted molar refractivity (Wildman–Crippen MR) is 104 cm³/mol. The van der Waals surface area contributed by atoms with Crippen LogP contribution in [0, 0.1) is 5.92 Å². The number of hydrogen-bond acceptors (Lipinski definition) is 8. The monoisotopic (exact) mass is 410 g/mol. The topological polar surface area (TPSA) is 126 Å². The number of alkyl halides is 1. The summed E-state index contributed by atoms with van der Waals surface area (Å²) in [5.74, 6) is -0.0267. The number of ether oxygens (including phenoxy) is 1. The fourth-order valence-corrected chi connectivity index (χ4v) is 3.27. The van der Waals surface area contributed by atoms with E-state index >= 15 is 4.39 Å². The summed E-state index contributed by atoms with van der Waals surface area (Å²) in [7, 11) is 3.53. The molecular weight excluding hydrogens is 383 g/mol. The Kier molecular flexibility index (Phi) is 5.74. The third-order valence-electron chi connectivity index (χ3n) is 4.97. The van der Waals surface area contributed by atoms with E-state index in [9.17, 15) is 9.90 Å². The number of rotatable bonds is 6. The van der Waals surface area contributed by atoms with Crippen LogP contribution in [0.5, 0.6) is 0 Å². The second kappa shape index (κ2) is 7.81. The number of aliphatic hydroxyl groups excluding tert-OH is 2. The molecule has 3 heterocycles. The van der Waals surface area contributed by atoms with Gasteiger partial charge >= 0.3 is 0 Å². The van der Waals surface area contributed by atoms with Crippen LogP contribution in [0.2, 0.25) is 0 Å². The first-order chi connectivity index (χ1) is 13.6. The Bertz CT molecular complexity index is 900. The second-order valence-electron chi connectivity index (χ2n) is 7.87. The molecule has 3 rings (SSSR count). The summed E-state index contributed by atoms with van der Waals surface area (Å²) < 4.78 is 22.5. The molecule has 11 heteroatoms. The zero-order valence-corrected chi connectivity index (χ0v) is 17.1. The highest BCUT2D eigenvalue weighted by Gasteiger charge is 2.55. The second-order valence-corrected chi connectivity index (χ2v) is 7.87. The molecular formula is C18H27FN6O4. The van der Waals surface area contributed by atoms with E-state index in [0.717, 1.165) is 0 Å². The van der Waals surface area contributed by atoms with Crippen LogP contribution < -0.4 is 10.2 Å². The van der Waals surface area contributed by atoms with Crippen LogP contribution in [0.25, 0.3) is 11.2 Å². The molecule has 1 fully saturated rings. The van der Waals surface area contributed by atoms with Gasteiger partial charge < -0.3 is 19.8 Å². The Labute approximate surface area is 167 Å². The zero-order chi connectivity index (χ0) is 21.5. The molecule has 1 aliphatic rings. The average molecular weight is 410 g/mol. The molecule has 0 spiro atoms. The van der Waals surface area contributed by atoms with Crippen molar-refractivity contribution in [3.8, 4) is 0 Å². The van der Waals surface area contributed by atoms with Crippen molar-refractivity contribution in [1.82, 2.24) is 19.5 Å². The molecule has 2 aromatic rings. The number of imidazole rings is 1. The van der Waals surface area contributed by atoms with Crippen LogP contribution in [0.1, 0.15) is 33.4 Å². The van der Waals surface area contributed by atoms with E-state index in [1.54, 1.807) is 32.8 Å². The van der Waals surface area contributed by atoms with Gasteiger partial charge in [-0.25, -0.2) is 9.37 Å². The molecule has 0 saturated carbocycles. The molecule has 160 valence electrons. The van der Waals surface area contributed by atoms with Crippen LogP contribution in [0.3, 0.4) is 0 Å². The first-order valence-electron chi connectivity index (χ1n) is 9.44. The number of amides is 1. The quantitative estimate of drug-likeness (QED) is 0.640. The molecule has 10 nitrogen and oxygen atoms in total. The summed E-state index contributed by atoms with van der Waals surface area (Å²) in [6, 6.07) is 0. The van der Waals surface area contributed by atoms with Crippen molar-refractivity contribution in [2.24, 2.45) is 5.92 Å². The number of anilines is 2. The zero-order valence-electron chi connectivity index (χ0n) is 17.1. The number of carbonyl (C=O) groups is 1. The summed E-state index contributed by atoms with van der Waals surface area (Å²) in [6.07, 6.45) is -2.04. The fraction of sp³-hybridized carbons (Fsp3) is 0.667. The van der Waals surface area contributed by atoms with Crippen LogP contribution in [-0.4, -0.2) is 74.2 Å². The van der Waals surface area contributed by atoms with Crippen molar-refractivity contribution in [1.29, 1.82) is 0 Å². The van der Waals surface area contributed by atoms with Gasteiger partial charge in [-0.15, -0.1) is 0 Å². The average Bonchev–Trinajstić information content (AvgIpc) is 3.15. The first kappa shape index (κ1) is 21.3. The lowest BCUT2D eigenvalue weighted by Crippen LogP contribution is -2.39. The Morgan fingerprint density at radius 1 is 1.45 bits per heavy atom. The van der Waals surface area contributed by atoms with E-state index in [-0.39, 0.29) is 36.4 Å². The van der Waals surface area contributed by atoms with Gasteiger partial charge in [0.05, 0.1) is 12.4 Å². The minimum absolute atomic E-state index is 0.0627. The van der Waals surface area contributed by atoms with Crippen LogP contribution in [-0.2, 0) is 9.53 Å². The van der Waals surface area contributed by atoms with E-state index in [1.165, 1.54) is 17.8 Å². The molecule has 0 aliphatic carbocycles. The van der Waals surface area contributed by atoms with Crippen molar-refractivity contribution >= 4 is 28.8 Å². The number of nitrogens with zero attached hydrogens (tertiary/aromatic N) is 5. The number of carbonyl (C=O) groups excluding carboxylic acids is 1. The molecule has 4 atom stereocenters. The van der Waals surface area contributed by atoms with Crippen molar-refractivity contribution < 1.29 is 24.1 Å². The van der Waals surface area contributed by atoms with Gasteiger partial charge in [-0.2, -0.15) is 9.97 Å². The van der Waals surface area contributed by atoms with E-state index < -0.39 is 24.1 Å². The van der Waals surface area contributed by atoms with Gasteiger partial charge in [-0.1, -0.05) is 13.8 Å². The Morgan fingerprint density at radius 2 is 2.14 bits per heavy atom. The maximum Gasteiger partial charge on any atom is 0.233 e. The van der Waals surface area contributed by atoms with Gasteiger partial charge in [-0.05, 0) is 13.3 Å². The lowest BCUT2D eigenvalue weighted by molar-refractivity contribution is -0.118. The molecule has 0 aromatic carbocycles. The molecule has 2 aromatic heterocycles. The van der Waals surface area contributed by atoms with Gasteiger partial charge in [0.15, 0.2) is 28.9 Å². The molecule has 0 radical (unpaired) electrons. The predicted octanol–water partition coefficient (Wildman–Crippen LogP) is 0.856. The van der Waals surface area contributed by atoms with E-state index in [0.29, 0.717) is 11.3 Å². The summed E-state index contributed by atoms with van der Waals surface area (Å²) >= 11 is 0. The van der Waals surface area contributed by atoms with Crippen molar-refractivity contribution in [3.05, 3.63) is 6.33 Å². The standard InChI is InChI=1S/C18H27FN6O4/c1-9(2)15(28)23-17-21-13(24(4)5)11-14(22-17)25(8-20-11)16-18(3,19)12(27)10(29-16)6-7-26/h8-10,12,16,26-27H,6-7H2,1-5H3,(H,21,22,23,28)/t10-,12-,16-,18-/m1/s1. The minimum Gasteiger partial charge on any atom is -0.396 e. The van der Waals surface area contributed by atoms with Gasteiger partial charge in [0.2, 0.25) is 11.9 Å². The fourth-order valence-electron chi connectivity index (χ4n) is 3.27. The largest absolute Gasteiger partial charge is 0.396 e. The number of aromatic nitrogens is 4. The van der Waals surface area contributed by atoms with E-state index in [2.05, 4.69) is 20.3 Å². The Balaban J connectivity index is 2.09. The Morgan fingerprint density at radius 3 is 2.72 bits per heavy atom. The van der Waals surface area contributed by atoms with E-state index in [4.69, 9.17) is 9.84 Å². The molecule has 1 saturated heterocycles. The number of nitrogens with one attached hydrogen (secondary N) is 1. The highest BCUT2D eigenvalue weighted by molar-refractivity contribution is 5.92. The van der Waals surface area contributed by atoms with Crippen molar-refractivity contribution in [3.63, 3.8) is 0 Å². The summed E-state index contributed by atoms with van der Waals surface area (Å²) in [5.41, 5.74) is -1.48. The summed E-state index contributed by atoms with van der Waals surface area (Å²) in [6.45, 7) is 4.48. The summed E-state index contributed by atoms with van der Waals surface area (Å²) in [5, 5.41) is 22.1. The maximum absolute atomic E-state index is 15.4. The maximum atomic E-state index is 15.4. The molecule has 0 bridgehead atoms. The molecule has 1 amide bonds. The normalized spacial score (nSPS) is 27.0. The third-order valence-corrected chi connectivity index (χ3v) is 4.97. The van der Waals surface area contributed by atoms with Gasteiger partial charge in [0, 0.05) is 26.6 Å². The highest BCUT2D eigenvalue weighted by Crippen LogP contribution is 2.43. The molecule has 0 unspecified atom stereocenters. The lowest BCUT2D eigenvalue weighted by atomic mass is 9.97. The van der Waals surface area contributed by atoms with Gasteiger partial charge in [0.1, 0.15) is 6.10 Å². The van der Waals surface area contributed by atoms with Crippen LogP contribution in [0.4, 0.5) is 16.2 Å². The summed E-state index contributed by atoms with van der Waals surface area (Å²) in [4.78, 5) is 26.8. The molecule has 3 N–H and O–H groups in total. The third kappa shape index (κ3) is 3.77.